The Bertz CT molecular complexity index is 321. The van der Waals surface area contributed by atoms with E-state index in [0.29, 0.717) is 51.0 Å². The summed E-state index contributed by atoms with van der Waals surface area (Å²) in [7, 11) is 0. The molecule has 1 amide bonds. The first-order valence-corrected chi connectivity index (χ1v) is 6.56. The van der Waals surface area contributed by atoms with Gasteiger partial charge in [-0.05, 0) is 0 Å². The maximum Gasteiger partial charge on any atom is 0.236 e. The minimum Gasteiger partial charge on any atom is -0.391 e. The van der Waals surface area contributed by atoms with Crippen molar-refractivity contribution in [3.8, 4) is 0 Å². The van der Waals surface area contributed by atoms with E-state index in [0.717, 1.165) is 6.54 Å². The van der Waals surface area contributed by atoms with Gasteiger partial charge in [0.1, 0.15) is 11.1 Å². The normalized spacial score (nSPS) is 26.0. The zero-order chi connectivity index (χ0) is 13.0. The van der Waals surface area contributed by atoms with Crippen LogP contribution in [0.5, 0.6) is 0 Å². The number of thiocarbonyl (C=S) groups is 1. The third-order valence-corrected chi connectivity index (χ3v) is 3.45. The van der Waals surface area contributed by atoms with Gasteiger partial charge in [-0.15, -0.1) is 0 Å². The minimum atomic E-state index is -0.230. The van der Waals surface area contributed by atoms with Gasteiger partial charge in [-0.25, -0.2) is 0 Å². The van der Waals surface area contributed by atoms with Crippen LogP contribution in [0.2, 0.25) is 0 Å². The SMILES string of the molecule is NC(=S)C1CN(CC(=O)N2CCOCC2)CCO1. The Hall–Kier alpha value is -0.760. The van der Waals surface area contributed by atoms with E-state index in [9.17, 15) is 4.79 Å². The van der Waals surface area contributed by atoms with Crippen LogP contribution >= 0.6 is 12.2 Å². The summed E-state index contributed by atoms with van der Waals surface area (Å²) in [5, 5.41) is 0. The molecule has 2 N–H and O–H groups in total. The van der Waals surface area contributed by atoms with Crippen LogP contribution in [0.3, 0.4) is 0 Å². The summed E-state index contributed by atoms with van der Waals surface area (Å²) in [6.45, 7) is 4.94. The van der Waals surface area contributed by atoms with E-state index >= 15 is 0 Å². The number of morpholine rings is 2. The fourth-order valence-electron chi connectivity index (χ4n) is 2.12. The monoisotopic (exact) mass is 273 g/mol. The van der Waals surface area contributed by atoms with Crippen LogP contribution in [0.25, 0.3) is 0 Å². The van der Waals surface area contributed by atoms with Crippen molar-refractivity contribution in [1.29, 1.82) is 0 Å². The van der Waals surface area contributed by atoms with E-state index in [1.165, 1.54) is 0 Å². The number of nitrogens with zero attached hydrogens (tertiary/aromatic N) is 2. The molecule has 18 heavy (non-hydrogen) atoms. The molecule has 2 rings (SSSR count). The first-order valence-electron chi connectivity index (χ1n) is 6.15. The molecule has 0 saturated carbocycles. The first-order chi connectivity index (χ1) is 8.66. The van der Waals surface area contributed by atoms with Gasteiger partial charge in [0, 0.05) is 26.2 Å². The molecule has 0 aromatic heterocycles. The lowest BCUT2D eigenvalue weighted by atomic mass is 10.2. The van der Waals surface area contributed by atoms with Gasteiger partial charge < -0.3 is 20.1 Å². The number of nitrogens with two attached hydrogens (primary N) is 1. The summed E-state index contributed by atoms with van der Waals surface area (Å²) in [5.41, 5.74) is 5.57. The minimum absolute atomic E-state index is 0.141. The van der Waals surface area contributed by atoms with Crippen molar-refractivity contribution in [2.24, 2.45) is 5.73 Å². The molecule has 0 radical (unpaired) electrons. The van der Waals surface area contributed by atoms with Gasteiger partial charge in [-0.2, -0.15) is 0 Å². The molecule has 0 aromatic carbocycles. The second-order valence-corrected chi connectivity index (χ2v) is 4.96. The standard InChI is InChI=1S/C11H19N3O3S/c12-11(18)9-7-13(1-6-17-9)8-10(15)14-2-4-16-5-3-14/h9H,1-8H2,(H2,12,18). The van der Waals surface area contributed by atoms with Crippen molar-refractivity contribution >= 4 is 23.1 Å². The van der Waals surface area contributed by atoms with E-state index in [-0.39, 0.29) is 12.0 Å². The van der Waals surface area contributed by atoms with Crippen molar-refractivity contribution in [3.63, 3.8) is 0 Å². The van der Waals surface area contributed by atoms with Crippen LogP contribution in [-0.2, 0) is 14.3 Å². The van der Waals surface area contributed by atoms with Crippen LogP contribution in [-0.4, -0.2) is 79.3 Å². The predicted octanol–water partition coefficient (Wildman–Crippen LogP) is -1.17. The maximum atomic E-state index is 12.1. The van der Waals surface area contributed by atoms with E-state index in [1.807, 2.05) is 9.80 Å². The molecule has 6 nitrogen and oxygen atoms in total. The van der Waals surface area contributed by atoms with Crippen LogP contribution < -0.4 is 5.73 Å². The van der Waals surface area contributed by atoms with Crippen molar-refractivity contribution in [3.05, 3.63) is 0 Å². The van der Waals surface area contributed by atoms with Crippen LogP contribution in [0, 0.1) is 0 Å². The maximum absolute atomic E-state index is 12.1. The Morgan fingerprint density at radius 1 is 1.28 bits per heavy atom. The summed E-state index contributed by atoms with van der Waals surface area (Å²) in [6.07, 6.45) is -0.230. The second kappa shape index (κ2) is 6.42. The van der Waals surface area contributed by atoms with Crippen molar-refractivity contribution < 1.29 is 14.3 Å². The van der Waals surface area contributed by atoms with E-state index in [1.54, 1.807) is 0 Å². The Labute approximate surface area is 112 Å². The lowest BCUT2D eigenvalue weighted by molar-refractivity contribution is -0.137. The number of ether oxygens (including phenoxy) is 2. The van der Waals surface area contributed by atoms with Crippen molar-refractivity contribution in [1.82, 2.24) is 9.80 Å². The first kappa shape index (κ1) is 13.7. The van der Waals surface area contributed by atoms with Gasteiger partial charge >= 0.3 is 0 Å². The summed E-state index contributed by atoms with van der Waals surface area (Å²) in [5.74, 6) is 0.141. The number of rotatable bonds is 3. The Morgan fingerprint density at radius 3 is 2.67 bits per heavy atom. The number of hydrogen-bond donors (Lipinski definition) is 1. The van der Waals surface area contributed by atoms with Gasteiger partial charge in [0.15, 0.2) is 0 Å². The molecule has 2 aliphatic rings. The molecule has 102 valence electrons. The lowest BCUT2D eigenvalue weighted by Crippen LogP contribution is -2.52. The van der Waals surface area contributed by atoms with Gasteiger partial charge in [-0.3, -0.25) is 9.69 Å². The van der Waals surface area contributed by atoms with Crippen LogP contribution in [0.4, 0.5) is 0 Å². The molecular weight excluding hydrogens is 254 g/mol. The molecule has 0 aliphatic carbocycles. The molecular formula is C11H19N3O3S. The average Bonchev–Trinajstić information content (AvgIpc) is 2.40. The molecule has 2 saturated heterocycles. The number of amides is 1. The Kier molecular flexibility index (Phi) is 4.87. The zero-order valence-corrected chi connectivity index (χ0v) is 11.2. The Morgan fingerprint density at radius 2 is 2.00 bits per heavy atom. The van der Waals surface area contributed by atoms with E-state index in [4.69, 9.17) is 27.4 Å². The average molecular weight is 273 g/mol. The summed E-state index contributed by atoms with van der Waals surface area (Å²) in [4.78, 5) is 16.3. The third-order valence-electron chi connectivity index (χ3n) is 3.19. The summed E-state index contributed by atoms with van der Waals surface area (Å²) in [6, 6.07) is 0. The van der Waals surface area contributed by atoms with E-state index in [2.05, 4.69) is 0 Å². The topological polar surface area (TPSA) is 68.0 Å². The lowest BCUT2D eigenvalue weighted by Gasteiger charge is -2.34. The molecule has 2 heterocycles. The van der Waals surface area contributed by atoms with Gasteiger partial charge in [0.05, 0.1) is 26.4 Å². The van der Waals surface area contributed by atoms with Gasteiger partial charge in [0.2, 0.25) is 5.91 Å². The highest BCUT2D eigenvalue weighted by atomic mass is 32.1. The molecule has 1 atom stereocenters. The molecule has 0 aromatic rings. The molecule has 7 heteroatoms. The van der Waals surface area contributed by atoms with Crippen molar-refractivity contribution in [2.75, 3.05) is 52.5 Å². The van der Waals surface area contributed by atoms with Crippen LogP contribution in [0.15, 0.2) is 0 Å². The highest BCUT2D eigenvalue weighted by molar-refractivity contribution is 7.80. The van der Waals surface area contributed by atoms with Gasteiger partial charge in [-0.1, -0.05) is 12.2 Å². The molecule has 0 spiro atoms. The Balaban J connectivity index is 1.81. The van der Waals surface area contributed by atoms with E-state index < -0.39 is 0 Å². The predicted molar refractivity (Wildman–Crippen MR) is 70.4 cm³/mol. The number of carbonyl (C=O) groups excluding carboxylic acids is 1. The highest BCUT2D eigenvalue weighted by Crippen LogP contribution is 2.07. The highest BCUT2D eigenvalue weighted by Gasteiger charge is 2.26. The molecule has 2 aliphatic heterocycles. The largest absolute Gasteiger partial charge is 0.391 e. The number of carbonyl (C=O) groups is 1. The van der Waals surface area contributed by atoms with Crippen molar-refractivity contribution in [2.45, 2.75) is 6.10 Å². The second-order valence-electron chi connectivity index (χ2n) is 4.49. The summed E-state index contributed by atoms with van der Waals surface area (Å²) < 4.78 is 10.7. The number of hydrogen-bond acceptors (Lipinski definition) is 5. The zero-order valence-electron chi connectivity index (χ0n) is 10.3. The smallest absolute Gasteiger partial charge is 0.236 e. The molecule has 2 fully saturated rings. The van der Waals surface area contributed by atoms with Gasteiger partial charge in [0.25, 0.3) is 0 Å². The molecule has 0 bridgehead atoms. The van der Waals surface area contributed by atoms with Crippen LogP contribution in [0.1, 0.15) is 0 Å². The fourth-order valence-corrected chi connectivity index (χ4v) is 2.26. The third kappa shape index (κ3) is 3.61. The molecule has 1 unspecified atom stereocenters. The fraction of sp³-hybridized carbons (Fsp3) is 0.818. The quantitative estimate of drug-likeness (QED) is 0.654. The summed E-state index contributed by atoms with van der Waals surface area (Å²) >= 11 is 4.92.